The van der Waals surface area contributed by atoms with Crippen LogP contribution >= 0.6 is 15.9 Å². The maximum atomic E-state index is 12.9. The van der Waals surface area contributed by atoms with Crippen molar-refractivity contribution >= 4 is 27.7 Å². The van der Waals surface area contributed by atoms with Crippen molar-refractivity contribution < 1.29 is 19.1 Å². The van der Waals surface area contributed by atoms with Crippen LogP contribution in [-0.4, -0.2) is 24.5 Å². The Morgan fingerprint density at radius 3 is 2.17 bits per heavy atom. The van der Waals surface area contributed by atoms with Gasteiger partial charge in [-0.25, -0.2) is 4.79 Å². The van der Waals surface area contributed by atoms with E-state index in [-0.39, 0.29) is 17.7 Å². The molecular weight excluding hydrogens is 444 g/mol. The first-order valence-electron chi connectivity index (χ1n) is 9.97. The van der Waals surface area contributed by atoms with Gasteiger partial charge < -0.3 is 9.47 Å². The number of allylic oxidation sites excluding steroid dienone is 3. The molecule has 1 aliphatic carbocycles. The summed E-state index contributed by atoms with van der Waals surface area (Å²) in [5.41, 5.74) is 1.80. The summed E-state index contributed by atoms with van der Waals surface area (Å²) < 4.78 is 12.3. The average molecular weight is 475 g/mol. The Labute approximate surface area is 188 Å². The number of carbonyl (C=O) groups excluding carboxylic acids is 2. The lowest BCUT2D eigenvalue weighted by molar-refractivity contribution is -0.149. The Morgan fingerprint density at radius 1 is 1.10 bits per heavy atom. The van der Waals surface area contributed by atoms with E-state index in [1.54, 1.807) is 25.3 Å². The Bertz CT molecular complexity index is 925. The Morgan fingerprint density at radius 2 is 1.67 bits per heavy atom. The highest BCUT2D eigenvalue weighted by Crippen LogP contribution is 2.48. The van der Waals surface area contributed by atoms with E-state index >= 15 is 0 Å². The van der Waals surface area contributed by atoms with Crippen LogP contribution in [0.5, 0.6) is 0 Å². The zero-order valence-corrected chi connectivity index (χ0v) is 20.6. The lowest BCUT2D eigenvalue weighted by Crippen LogP contribution is -2.35. The lowest BCUT2D eigenvalue weighted by Gasteiger charge is -2.40. The molecule has 1 unspecified atom stereocenters. The van der Waals surface area contributed by atoms with Gasteiger partial charge in [0.25, 0.3) is 0 Å². The predicted molar refractivity (Wildman–Crippen MR) is 123 cm³/mol. The zero-order chi connectivity index (χ0) is 22.9. The third-order valence-electron chi connectivity index (χ3n) is 5.54. The van der Waals surface area contributed by atoms with Gasteiger partial charge in [0.05, 0.1) is 12.7 Å². The predicted octanol–water partition coefficient (Wildman–Crippen LogP) is 6.42. The second-order valence-corrected chi connectivity index (χ2v) is 10.0. The Kier molecular flexibility index (Phi) is 7.18. The Balaban J connectivity index is 2.44. The van der Waals surface area contributed by atoms with Gasteiger partial charge >= 0.3 is 5.97 Å². The molecular formula is C25H31BrO4. The van der Waals surface area contributed by atoms with Gasteiger partial charge in [0.2, 0.25) is 0 Å². The van der Waals surface area contributed by atoms with Crippen molar-refractivity contribution in [2.75, 3.05) is 7.11 Å². The van der Waals surface area contributed by atoms with Crippen molar-refractivity contribution in [3.05, 3.63) is 68.9 Å². The molecule has 0 saturated heterocycles. The molecule has 1 atom stereocenters. The average Bonchev–Trinajstić information content (AvgIpc) is 2.62. The fourth-order valence-electron chi connectivity index (χ4n) is 3.66. The molecule has 1 aromatic rings. The highest BCUT2D eigenvalue weighted by atomic mass is 79.9. The fraction of sp³-hybridized carbons (Fsp3) is 0.440. The highest BCUT2D eigenvalue weighted by Gasteiger charge is 2.42. The van der Waals surface area contributed by atoms with Gasteiger partial charge in [0.1, 0.15) is 11.4 Å². The minimum absolute atomic E-state index is 0.0778. The number of ether oxygens (including phenoxy) is 2. The molecule has 1 aromatic carbocycles. The zero-order valence-electron chi connectivity index (χ0n) is 19.1. The molecule has 0 aromatic heterocycles. The fourth-order valence-corrected chi connectivity index (χ4v) is 3.92. The van der Waals surface area contributed by atoms with E-state index in [4.69, 9.17) is 9.47 Å². The number of esters is 1. The van der Waals surface area contributed by atoms with Gasteiger partial charge in [-0.1, -0.05) is 41.4 Å². The largest absolute Gasteiger partial charge is 0.500 e. The van der Waals surface area contributed by atoms with E-state index in [0.717, 1.165) is 15.6 Å². The molecule has 0 aliphatic heterocycles. The van der Waals surface area contributed by atoms with Gasteiger partial charge in [-0.3, -0.25) is 4.79 Å². The van der Waals surface area contributed by atoms with E-state index < -0.39 is 11.0 Å². The van der Waals surface area contributed by atoms with Crippen LogP contribution in [-0.2, 0) is 14.3 Å². The van der Waals surface area contributed by atoms with Crippen LogP contribution in [0.3, 0.4) is 0 Å². The summed E-state index contributed by atoms with van der Waals surface area (Å²) in [5.74, 6) is 0.0545. The smallest absolute Gasteiger partial charge is 0.339 e. The molecule has 0 spiro atoms. The third kappa shape index (κ3) is 5.12. The number of ketones is 1. The SMILES string of the molecule is COC1=C(C)C(C(=O)OC(C)(C)C)=C(C)C(C)(C)C1C=CC(=O)c1ccc(Br)cc1. The van der Waals surface area contributed by atoms with Crippen molar-refractivity contribution in [3.63, 3.8) is 0 Å². The van der Waals surface area contributed by atoms with Crippen LogP contribution in [0.2, 0.25) is 0 Å². The molecule has 0 radical (unpaired) electrons. The quantitative estimate of drug-likeness (QED) is 0.280. The molecule has 0 saturated carbocycles. The van der Waals surface area contributed by atoms with E-state index in [1.807, 2.05) is 52.8 Å². The summed E-state index contributed by atoms with van der Waals surface area (Å²) in [6.07, 6.45) is 3.47. The van der Waals surface area contributed by atoms with Crippen molar-refractivity contribution in [1.82, 2.24) is 0 Å². The molecule has 0 bridgehead atoms. The number of hydrogen-bond donors (Lipinski definition) is 0. The number of halogens is 1. The minimum Gasteiger partial charge on any atom is -0.500 e. The standard InChI is InChI=1S/C25H31BrO4/c1-15-21(23(28)30-24(3,4)5)16(2)25(6,7)19(22(15)29-8)13-14-20(27)17-9-11-18(26)12-10-17/h9-14,19H,1-8H3. The van der Waals surface area contributed by atoms with Crippen molar-refractivity contribution in [2.24, 2.45) is 11.3 Å². The van der Waals surface area contributed by atoms with Crippen LogP contribution in [0.4, 0.5) is 0 Å². The number of benzene rings is 1. The van der Waals surface area contributed by atoms with Gasteiger partial charge in [-0.2, -0.15) is 0 Å². The molecule has 4 nitrogen and oxygen atoms in total. The van der Waals surface area contributed by atoms with Gasteiger partial charge in [0.15, 0.2) is 5.78 Å². The van der Waals surface area contributed by atoms with Crippen LogP contribution in [0.15, 0.2) is 63.4 Å². The van der Waals surface area contributed by atoms with Crippen molar-refractivity contribution in [3.8, 4) is 0 Å². The monoisotopic (exact) mass is 474 g/mol. The lowest BCUT2D eigenvalue weighted by atomic mass is 9.66. The molecule has 0 amide bonds. The molecule has 1 aliphatic rings. The van der Waals surface area contributed by atoms with E-state index in [1.165, 1.54) is 0 Å². The van der Waals surface area contributed by atoms with Gasteiger partial charge in [-0.15, -0.1) is 0 Å². The number of methoxy groups -OCH3 is 1. The maximum Gasteiger partial charge on any atom is 0.339 e. The van der Waals surface area contributed by atoms with Gasteiger partial charge in [-0.05, 0) is 70.4 Å². The topological polar surface area (TPSA) is 52.6 Å². The van der Waals surface area contributed by atoms with E-state index in [9.17, 15) is 9.59 Å². The second-order valence-electron chi connectivity index (χ2n) is 9.12. The molecule has 0 N–H and O–H groups in total. The molecule has 0 heterocycles. The summed E-state index contributed by atoms with van der Waals surface area (Å²) in [7, 11) is 1.60. The second kappa shape index (κ2) is 8.93. The summed E-state index contributed by atoms with van der Waals surface area (Å²) in [6, 6.07) is 7.26. The van der Waals surface area contributed by atoms with Gasteiger partial charge in [0, 0.05) is 21.5 Å². The number of carbonyl (C=O) groups is 2. The number of hydrogen-bond acceptors (Lipinski definition) is 4. The molecule has 0 fully saturated rings. The normalized spacial score (nSPS) is 19.3. The summed E-state index contributed by atoms with van der Waals surface area (Å²) in [6.45, 7) is 13.5. The maximum absolute atomic E-state index is 12.9. The Hall–Kier alpha value is -2.14. The van der Waals surface area contributed by atoms with Crippen LogP contribution in [0.1, 0.15) is 58.8 Å². The van der Waals surface area contributed by atoms with E-state index in [2.05, 4.69) is 29.8 Å². The first-order chi connectivity index (χ1) is 13.8. The summed E-state index contributed by atoms with van der Waals surface area (Å²) in [4.78, 5) is 25.6. The third-order valence-corrected chi connectivity index (χ3v) is 6.07. The molecule has 5 heteroatoms. The number of rotatable bonds is 5. The first-order valence-corrected chi connectivity index (χ1v) is 10.8. The first kappa shape index (κ1) is 24.1. The molecule has 30 heavy (non-hydrogen) atoms. The van der Waals surface area contributed by atoms with Crippen molar-refractivity contribution in [2.45, 2.75) is 54.1 Å². The van der Waals surface area contributed by atoms with Crippen LogP contribution < -0.4 is 0 Å². The minimum atomic E-state index is -0.587. The summed E-state index contributed by atoms with van der Waals surface area (Å²) in [5, 5.41) is 0. The molecule has 2 rings (SSSR count). The van der Waals surface area contributed by atoms with Crippen LogP contribution in [0.25, 0.3) is 0 Å². The van der Waals surface area contributed by atoms with Crippen molar-refractivity contribution in [1.29, 1.82) is 0 Å². The molecule has 162 valence electrons. The highest BCUT2D eigenvalue weighted by molar-refractivity contribution is 9.10. The van der Waals surface area contributed by atoms with E-state index in [0.29, 0.717) is 16.9 Å². The van der Waals surface area contributed by atoms with Crippen LogP contribution in [0, 0.1) is 11.3 Å². The summed E-state index contributed by atoms with van der Waals surface area (Å²) >= 11 is 3.38.